The van der Waals surface area contributed by atoms with Gasteiger partial charge in [-0.25, -0.2) is 22.2 Å². The number of pyridine rings is 1. The minimum atomic E-state index is -4.71. The van der Waals surface area contributed by atoms with Gasteiger partial charge in [-0.2, -0.15) is 17.5 Å². The van der Waals surface area contributed by atoms with E-state index in [1.54, 1.807) is 6.08 Å². The first-order chi connectivity index (χ1) is 17.9. The average molecular weight is 554 g/mol. The summed E-state index contributed by atoms with van der Waals surface area (Å²) in [6.07, 6.45) is -0.942. The maximum atomic E-state index is 14.3. The number of halogens is 5. The van der Waals surface area contributed by atoms with E-state index in [-0.39, 0.29) is 47.3 Å². The Hall–Kier alpha value is -3.78. The van der Waals surface area contributed by atoms with Gasteiger partial charge in [0.2, 0.25) is 15.9 Å². The molecule has 1 saturated heterocycles. The molecule has 1 N–H and O–H groups in total. The van der Waals surface area contributed by atoms with Gasteiger partial charge < -0.3 is 5.32 Å². The Morgan fingerprint density at radius 2 is 1.82 bits per heavy atom. The molecule has 1 amide bonds. The van der Waals surface area contributed by atoms with Crippen LogP contribution >= 0.6 is 0 Å². The van der Waals surface area contributed by atoms with E-state index in [0.717, 1.165) is 41.0 Å². The number of hydrogen-bond acceptors (Lipinski definition) is 6. The number of rotatable bonds is 7. The van der Waals surface area contributed by atoms with E-state index >= 15 is 0 Å². The van der Waals surface area contributed by atoms with Crippen LogP contribution in [0.5, 0.6) is 0 Å². The predicted molar refractivity (Wildman–Crippen MR) is 124 cm³/mol. The summed E-state index contributed by atoms with van der Waals surface area (Å²) in [6, 6.07) is 4.31. The zero-order chi connectivity index (χ0) is 27.7. The highest BCUT2D eigenvalue weighted by Gasteiger charge is 2.43. The highest BCUT2D eigenvalue weighted by atomic mass is 32.2. The zero-order valence-electron chi connectivity index (χ0n) is 19.5. The van der Waals surface area contributed by atoms with E-state index in [1.807, 2.05) is 0 Å². The van der Waals surface area contributed by atoms with Crippen LogP contribution in [0.1, 0.15) is 17.8 Å². The number of benzene rings is 1. The van der Waals surface area contributed by atoms with Gasteiger partial charge in [0.05, 0.1) is 41.4 Å². The van der Waals surface area contributed by atoms with Crippen molar-refractivity contribution in [2.75, 3.05) is 6.54 Å². The van der Waals surface area contributed by atoms with Crippen LogP contribution in [0.15, 0.2) is 66.5 Å². The molecule has 8 nitrogen and oxygen atoms in total. The predicted octanol–water partition coefficient (Wildman–Crippen LogP) is 3.72. The Balaban J connectivity index is 1.51. The molecule has 1 fully saturated rings. The van der Waals surface area contributed by atoms with Crippen LogP contribution in [0.4, 0.5) is 22.0 Å². The maximum Gasteiger partial charge on any atom is 0.434 e. The van der Waals surface area contributed by atoms with Gasteiger partial charge in [-0.3, -0.25) is 14.8 Å². The lowest BCUT2D eigenvalue weighted by molar-refractivity contribution is -0.141. The smallest absolute Gasteiger partial charge is 0.349 e. The molecule has 0 radical (unpaired) electrons. The summed E-state index contributed by atoms with van der Waals surface area (Å²) in [7, 11) is -4.14. The van der Waals surface area contributed by atoms with Crippen molar-refractivity contribution in [1.29, 1.82) is 0 Å². The molecule has 0 saturated carbocycles. The summed E-state index contributed by atoms with van der Waals surface area (Å²) in [4.78, 5) is 23.6. The van der Waals surface area contributed by atoms with Crippen molar-refractivity contribution in [2.24, 2.45) is 5.92 Å². The van der Waals surface area contributed by atoms with Gasteiger partial charge in [-0.05, 0) is 42.7 Å². The van der Waals surface area contributed by atoms with Crippen LogP contribution in [0, 0.1) is 17.6 Å². The van der Waals surface area contributed by atoms with E-state index in [4.69, 9.17) is 0 Å². The number of sulfonamides is 1. The third kappa shape index (κ3) is 5.70. The third-order valence-electron chi connectivity index (χ3n) is 5.92. The quantitative estimate of drug-likeness (QED) is 0.353. The fraction of sp³-hybridized carbons (Fsp3) is 0.250. The number of aromatic nitrogens is 3. The first-order valence-electron chi connectivity index (χ1n) is 11.1. The summed E-state index contributed by atoms with van der Waals surface area (Å²) >= 11 is 0. The Labute approximate surface area is 214 Å². The molecule has 0 aliphatic carbocycles. The van der Waals surface area contributed by atoms with E-state index in [2.05, 4.69) is 26.8 Å². The first kappa shape index (κ1) is 27.3. The van der Waals surface area contributed by atoms with Gasteiger partial charge >= 0.3 is 6.18 Å². The lowest BCUT2D eigenvalue weighted by atomic mass is 10.1. The fourth-order valence-electron chi connectivity index (χ4n) is 3.94. The molecule has 3 heterocycles. The van der Waals surface area contributed by atoms with Crippen LogP contribution in [0.3, 0.4) is 0 Å². The Morgan fingerprint density at radius 1 is 1.11 bits per heavy atom. The van der Waals surface area contributed by atoms with Crippen LogP contribution < -0.4 is 5.32 Å². The Bertz CT molecular complexity index is 1450. The van der Waals surface area contributed by atoms with Crippen LogP contribution in [-0.2, 0) is 27.5 Å². The van der Waals surface area contributed by atoms with Crippen molar-refractivity contribution in [3.63, 3.8) is 0 Å². The molecular weight excluding hydrogens is 533 g/mol. The molecule has 1 aliphatic rings. The first-order valence-corrected chi connectivity index (χ1v) is 12.6. The molecule has 4 rings (SSSR count). The Kier molecular flexibility index (Phi) is 7.56. The van der Waals surface area contributed by atoms with E-state index in [0.29, 0.717) is 6.20 Å². The number of carbonyl (C=O) groups excluding carboxylic acids is 1. The molecule has 200 valence electrons. The fourth-order valence-corrected chi connectivity index (χ4v) is 5.59. The summed E-state index contributed by atoms with van der Waals surface area (Å²) < 4.78 is 93.2. The molecule has 3 aromatic rings. The monoisotopic (exact) mass is 553 g/mol. The molecule has 2 atom stereocenters. The van der Waals surface area contributed by atoms with Crippen molar-refractivity contribution in [3.05, 3.63) is 84.6 Å². The lowest BCUT2D eigenvalue weighted by Gasteiger charge is -2.23. The summed E-state index contributed by atoms with van der Waals surface area (Å²) in [5.41, 5.74) is -1.45. The number of alkyl halides is 3. The van der Waals surface area contributed by atoms with Crippen LogP contribution in [-0.4, -0.2) is 46.2 Å². The average Bonchev–Trinajstić information content (AvgIpc) is 3.34. The van der Waals surface area contributed by atoms with Gasteiger partial charge in [-0.1, -0.05) is 6.08 Å². The number of nitrogens with zero attached hydrogens (tertiary/aromatic N) is 4. The van der Waals surface area contributed by atoms with E-state index in [9.17, 15) is 35.2 Å². The number of nitrogens with one attached hydrogen (secondary N) is 1. The molecule has 0 bridgehead atoms. The third-order valence-corrected chi connectivity index (χ3v) is 7.81. The molecule has 0 spiro atoms. The molecule has 2 unspecified atom stereocenters. The highest BCUT2D eigenvalue weighted by molar-refractivity contribution is 7.89. The number of carbonyl (C=O) groups is 1. The number of amides is 1. The maximum absolute atomic E-state index is 14.3. The summed E-state index contributed by atoms with van der Waals surface area (Å²) in [6.45, 7) is 3.43. The Morgan fingerprint density at radius 3 is 2.42 bits per heavy atom. The number of hydrogen-bond donors (Lipinski definition) is 1. The van der Waals surface area contributed by atoms with E-state index < -0.39 is 45.5 Å². The highest BCUT2D eigenvalue weighted by Crippen LogP contribution is 2.31. The molecule has 38 heavy (non-hydrogen) atoms. The second-order valence-electron chi connectivity index (χ2n) is 8.43. The van der Waals surface area contributed by atoms with Gasteiger partial charge in [0.15, 0.2) is 11.5 Å². The topological polar surface area (TPSA) is 105 Å². The minimum Gasteiger partial charge on any atom is -0.349 e. The summed E-state index contributed by atoms with van der Waals surface area (Å²) in [5.74, 6) is -2.44. The van der Waals surface area contributed by atoms with Crippen molar-refractivity contribution >= 4 is 15.9 Å². The summed E-state index contributed by atoms with van der Waals surface area (Å²) in [5, 5.41) is 2.57. The zero-order valence-corrected chi connectivity index (χ0v) is 20.3. The minimum absolute atomic E-state index is 0.00711. The lowest BCUT2D eigenvalue weighted by Crippen LogP contribution is -2.45. The van der Waals surface area contributed by atoms with Crippen LogP contribution in [0.25, 0.3) is 11.3 Å². The molecule has 1 aliphatic heterocycles. The second kappa shape index (κ2) is 10.5. The largest absolute Gasteiger partial charge is 0.434 e. The van der Waals surface area contributed by atoms with Gasteiger partial charge in [0.1, 0.15) is 11.9 Å². The van der Waals surface area contributed by atoms with Gasteiger partial charge in [0, 0.05) is 12.1 Å². The molecule has 14 heteroatoms. The van der Waals surface area contributed by atoms with Gasteiger partial charge in [-0.15, -0.1) is 6.58 Å². The van der Waals surface area contributed by atoms with Crippen molar-refractivity contribution in [2.45, 2.75) is 30.1 Å². The molecule has 2 aromatic heterocycles. The SMILES string of the molecule is C=CC1CC(C(=O)NCc2cc(-c3cnc(C(F)(F)F)cn3)c(F)cn2)N(S(=O)(=O)c2ccc(F)cc2)C1. The molecular formula is C24H20F5N5O3S. The van der Waals surface area contributed by atoms with Crippen molar-refractivity contribution in [3.8, 4) is 11.3 Å². The second-order valence-corrected chi connectivity index (χ2v) is 10.3. The van der Waals surface area contributed by atoms with Crippen LogP contribution in [0.2, 0.25) is 0 Å². The molecule has 1 aromatic carbocycles. The van der Waals surface area contributed by atoms with Crippen molar-refractivity contribution in [1.82, 2.24) is 24.6 Å². The van der Waals surface area contributed by atoms with Gasteiger partial charge in [0.25, 0.3) is 0 Å². The standard InChI is InChI=1S/C24H20F5N5O3S/c1-2-14-7-21(34(13-14)38(36,37)17-5-3-15(25)4-6-17)23(35)33-9-16-8-18(19(26)10-30-16)20-11-32-22(12-31-20)24(27,28)29/h2-6,8,10-12,14,21H,1,7,9,13H2,(H,33,35). The normalized spacial score (nSPS) is 18.3. The van der Waals surface area contributed by atoms with Crippen molar-refractivity contribution < 1.29 is 35.2 Å². The van der Waals surface area contributed by atoms with E-state index in [1.165, 1.54) is 6.07 Å².